The third-order valence-corrected chi connectivity index (χ3v) is 2.11. The van der Waals surface area contributed by atoms with E-state index in [2.05, 4.69) is 24.5 Å². The zero-order chi connectivity index (χ0) is 11.3. The second-order valence-electron chi connectivity index (χ2n) is 4.72. The van der Waals surface area contributed by atoms with E-state index in [0.29, 0.717) is 18.6 Å². The zero-order valence-electron chi connectivity index (χ0n) is 9.88. The van der Waals surface area contributed by atoms with Crippen molar-refractivity contribution in [1.82, 2.24) is 10.6 Å². The van der Waals surface area contributed by atoms with Crippen molar-refractivity contribution >= 4 is 6.03 Å². The summed E-state index contributed by atoms with van der Waals surface area (Å²) in [4.78, 5) is 11.3. The Morgan fingerprint density at radius 3 is 2.53 bits per heavy atom. The lowest BCUT2D eigenvalue weighted by Crippen LogP contribution is -2.43. The molecule has 4 heteroatoms. The summed E-state index contributed by atoms with van der Waals surface area (Å²) in [6.45, 7) is 7.50. The first-order chi connectivity index (χ1) is 7.08. The normalized spacial score (nSPS) is 17.6. The Kier molecular flexibility index (Phi) is 4.88. The Balaban J connectivity index is 2.00. The molecule has 2 amide bonds. The second-order valence-corrected chi connectivity index (χ2v) is 4.72. The van der Waals surface area contributed by atoms with E-state index in [-0.39, 0.29) is 12.1 Å². The van der Waals surface area contributed by atoms with E-state index >= 15 is 0 Å². The molecule has 1 aliphatic rings. The molecule has 0 bridgehead atoms. The maximum absolute atomic E-state index is 11.3. The maximum atomic E-state index is 11.3. The molecule has 15 heavy (non-hydrogen) atoms. The van der Waals surface area contributed by atoms with Crippen molar-refractivity contribution in [3.05, 3.63) is 0 Å². The fraction of sp³-hybridized carbons (Fsp3) is 0.909. The van der Waals surface area contributed by atoms with Gasteiger partial charge in [0.2, 0.25) is 0 Å². The van der Waals surface area contributed by atoms with Crippen LogP contribution in [0.2, 0.25) is 0 Å². The Morgan fingerprint density at radius 1 is 1.33 bits per heavy atom. The highest BCUT2D eigenvalue weighted by Gasteiger charge is 2.23. The summed E-state index contributed by atoms with van der Waals surface area (Å²) < 4.78 is 5.44. The van der Waals surface area contributed by atoms with Crippen molar-refractivity contribution in [1.29, 1.82) is 0 Å². The van der Waals surface area contributed by atoms with Crippen molar-refractivity contribution < 1.29 is 9.53 Å². The van der Waals surface area contributed by atoms with Gasteiger partial charge in [0.1, 0.15) is 0 Å². The molecule has 1 rings (SSSR count). The molecule has 0 spiro atoms. The van der Waals surface area contributed by atoms with Gasteiger partial charge in [0.05, 0.1) is 12.6 Å². The van der Waals surface area contributed by atoms with Crippen LogP contribution in [0.15, 0.2) is 0 Å². The molecule has 0 aromatic carbocycles. The highest BCUT2D eigenvalue weighted by atomic mass is 16.5. The molecular weight excluding hydrogens is 192 g/mol. The molecule has 1 atom stereocenters. The van der Waals surface area contributed by atoms with E-state index in [1.54, 1.807) is 0 Å². The summed E-state index contributed by atoms with van der Waals surface area (Å²) >= 11 is 0. The van der Waals surface area contributed by atoms with E-state index in [1.165, 1.54) is 0 Å². The number of hydrogen-bond acceptors (Lipinski definition) is 2. The smallest absolute Gasteiger partial charge is 0.315 e. The van der Waals surface area contributed by atoms with Crippen LogP contribution in [0.5, 0.6) is 0 Å². The molecule has 1 fully saturated rings. The molecular formula is C11H22N2O2. The van der Waals surface area contributed by atoms with Gasteiger partial charge in [0.25, 0.3) is 0 Å². The molecule has 0 aromatic rings. The van der Waals surface area contributed by atoms with Crippen molar-refractivity contribution in [2.75, 3.05) is 13.2 Å². The SMILES string of the molecule is CC(C)COC[C@H](C)NC(=O)NC1CC1. The average Bonchev–Trinajstić information content (AvgIpc) is 2.86. The summed E-state index contributed by atoms with van der Waals surface area (Å²) in [5, 5.41) is 5.73. The summed E-state index contributed by atoms with van der Waals surface area (Å²) in [6, 6.07) is 0.412. The zero-order valence-corrected chi connectivity index (χ0v) is 9.88. The third kappa shape index (κ3) is 6.33. The molecule has 0 radical (unpaired) electrons. The summed E-state index contributed by atoms with van der Waals surface area (Å²) in [5.74, 6) is 0.539. The molecule has 88 valence electrons. The number of ether oxygens (including phenoxy) is 1. The summed E-state index contributed by atoms with van der Waals surface area (Å²) in [6.07, 6.45) is 2.23. The van der Waals surface area contributed by atoms with Gasteiger partial charge >= 0.3 is 6.03 Å². The lowest BCUT2D eigenvalue weighted by molar-refractivity contribution is 0.0954. The Morgan fingerprint density at radius 2 is 2.00 bits per heavy atom. The van der Waals surface area contributed by atoms with Crippen LogP contribution in [0.1, 0.15) is 33.6 Å². The lowest BCUT2D eigenvalue weighted by atomic mass is 10.2. The van der Waals surface area contributed by atoms with Gasteiger partial charge < -0.3 is 15.4 Å². The first kappa shape index (κ1) is 12.3. The molecule has 4 nitrogen and oxygen atoms in total. The number of urea groups is 1. The van der Waals surface area contributed by atoms with E-state index in [0.717, 1.165) is 19.4 Å². The van der Waals surface area contributed by atoms with Crippen LogP contribution in [0.3, 0.4) is 0 Å². The van der Waals surface area contributed by atoms with Crippen LogP contribution < -0.4 is 10.6 Å². The molecule has 2 N–H and O–H groups in total. The maximum Gasteiger partial charge on any atom is 0.315 e. The molecule has 1 aliphatic carbocycles. The van der Waals surface area contributed by atoms with Crippen molar-refractivity contribution in [2.24, 2.45) is 5.92 Å². The van der Waals surface area contributed by atoms with E-state index in [9.17, 15) is 4.79 Å². The Hall–Kier alpha value is -0.770. The van der Waals surface area contributed by atoms with Crippen LogP contribution >= 0.6 is 0 Å². The van der Waals surface area contributed by atoms with Crippen molar-refractivity contribution in [3.8, 4) is 0 Å². The highest BCUT2D eigenvalue weighted by molar-refractivity contribution is 5.74. The number of carbonyl (C=O) groups excluding carboxylic acids is 1. The topological polar surface area (TPSA) is 50.4 Å². The van der Waals surface area contributed by atoms with Crippen LogP contribution in [-0.2, 0) is 4.74 Å². The summed E-state index contributed by atoms with van der Waals surface area (Å²) in [7, 11) is 0. The van der Waals surface area contributed by atoms with Gasteiger partial charge in [-0.05, 0) is 25.7 Å². The van der Waals surface area contributed by atoms with Crippen LogP contribution in [-0.4, -0.2) is 31.3 Å². The van der Waals surface area contributed by atoms with E-state index < -0.39 is 0 Å². The van der Waals surface area contributed by atoms with Crippen LogP contribution in [0.4, 0.5) is 4.79 Å². The minimum absolute atomic E-state index is 0.0712. The standard InChI is InChI=1S/C11H22N2O2/c1-8(2)6-15-7-9(3)12-11(14)13-10-4-5-10/h8-10H,4-7H2,1-3H3,(H2,12,13,14)/t9-/m0/s1. The first-order valence-electron chi connectivity index (χ1n) is 5.72. The fourth-order valence-electron chi connectivity index (χ4n) is 1.20. The molecule has 0 saturated heterocycles. The second kappa shape index (κ2) is 5.95. The highest BCUT2D eigenvalue weighted by Crippen LogP contribution is 2.18. The van der Waals surface area contributed by atoms with Gasteiger partial charge in [0, 0.05) is 12.6 Å². The quantitative estimate of drug-likeness (QED) is 0.704. The predicted octanol–water partition coefficient (Wildman–Crippen LogP) is 1.51. The van der Waals surface area contributed by atoms with Crippen LogP contribution in [0.25, 0.3) is 0 Å². The number of rotatable bonds is 6. The van der Waals surface area contributed by atoms with Gasteiger partial charge in [-0.15, -0.1) is 0 Å². The predicted molar refractivity (Wildman–Crippen MR) is 59.8 cm³/mol. The molecule has 1 saturated carbocycles. The van der Waals surface area contributed by atoms with E-state index in [1.807, 2.05) is 6.92 Å². The average molecular weight is 214 g/mol. The minimum Gasteiger partial charge on any atom is -0.379 e. The van der Waals surface area contributed by atoms with Gasteiger partial charge in [-0.2, -0.15) is 0 Å². The summed E-state index contributed by atoms with van der Waals surface area (Å²) in [5.41, 5.74) is 0. The van der Waals surface area contributed by atoms with Gasteiger partial charge in [-0.25, -0.2) is 4.79 Å². The third-order valence-electron chi connectivity index (χ3n) is 2.11. The monoisotopic (exact) mass is 214 g/mol. The van der Waals surface area contributed by atoms with Gasteiger partial charge in [0.15, 0.2) is 0 Å². The molecule has 0 heterocycles. The van der Waals surface area contributed by atoms with E-state index in [4.69, 9.17) is 4.74 Å². The number of carbonyl (C=O) groups is 1. The number of amides is 2. The fourth-order valence-corrected chi connectivity index (χ4v) is 1.20. The number of hydrogen-bond donors (Lipinski definition) is 2. The van der Waals surface area contributed by atoms with Crippen molar-refractivity contribution in [2.45, 2.75) is 45.7 Å². The largest absolute Gasteiger partial charge is 0.379 e. The number of nitrogens with one attached hydrogen (secondary N) is 2. The Labute approximate surface area is 91.8 Å². The minimum atomic E-state index is -0.0712. The lowest BCUT2D eigenvalue weighted by Gasteiger charge is -2.15. The molecule has 0 aliphatic heterocycles. The molecule has 0 unspecified atom stereocenters. The van der Waals surface area contributed by atoms with Crippen molar-refractivity contribution in [3.63, 3.8) is 0 Å². The van der Waals surface area contributed by atoms with Crippen LogP contribution in [0, 0.1) is 5.92 Å². The van der Waals surface area contributed by atoms with Gasteiger partial charge in [-0.3, -0.25) is 0 Å². The molecule has 0 aromatic heterocycles. The first-order valence-corrected chi connectivity index (χ1v) is 5.72. The Bertz CT molecular complexity index is 203. The van der Waals surface area contributed by atoms with Gasteiger partial charge in [-0.1, -0.05) is 13.8 Å².